The Labute approximate surface area is 127 Å². The summed E-state index contributed by atoms with van der Waals surface area (Å²) in [6.45, 7) is 5.35. The number of hydrogen-bond donors (Lipinski definition) is 2. The van der Waals surface area contributed by atoms with Crippen molar-refractivity contribution in [2.75, 3.05) is 6.54 Å². The van der Waals surface area contributed by atoms with Crippen LogP contribution < -0.4 is 11.1 Å². The first kappa shape index (κ1) is 20.5. The molecule has 0 aliphatic heterocycles. The number of rotatable bonds is 7. The number of aryl methyl sites for hydroxylation is 1. The lowest BCUT2D eigenvalue weighted by atomic mass is 10.0. The Kier molecular flexibility index (Phi) is 12.0. The first-order valence-corrected chi connectivity index (χ1v) is 6.08. The van der Waals surface area contributed by atoms with Crippen molar-refractivity contribution in [3.8, 4) is 0 Å². The molecule has 1 heterocycles. The number of amides is 1. The van der Waals surface area contributed by atoms with E-state index in [9.17, 15) is 4.79 Å². The van der Waals surface area contributed by atoms with Gasteiger partial charge in [-0.2, -0.15) is 5.10 Å². The van der Waals surface area contributed by atoms with E-state index in [1.165, 1.54) is 0 Å². The summed E-state index contributed by atoms with van der Waals surface area (Å²) in [5.74, 6) is 0.576. The maximum Gasteiger partial charge on any atom is 0.222 e. The number of nitrogens with two attached hydrogens (primary N) is 1. The standard InChI is InChI=1S/C12H22N4O.2ClH/c1-10(2)8-11(9-13)15-12(17)4-7-16-6-3-5-14-16;;/h3,5-6,10-11H,4,7-9,13H2,1-2H3,(H,15,17);2*1H. The highest BCUT2D eigenvalue weighted by Gasteiger charge is 2.12. The van der Waals surface area contributed by atoms with Gasteiger partial charge < -0.3 is 11.1 Å². The molecule has 0 fully saturated rings. The highest BCUT2D eigenvalue weighted by atomic mass is 35.5. The van der Waals surface area contributed by atoms with Crippen molar-refractivity contribution >= 4 is 30.7 Å². The molecule has 1 amide bonds. The van der Waals surface area contributed by atoms with E-state index in [0.717, 1.165) is 6.42 Å². The van der Waals surface area contributed by atoms with Crippen molar-refractivity contribution in [1.82, 2.24) is 15.1 Å². The first-order chi connectivity index (χ1) is 8.11. The fourth-order valence-electron chi connectivity index (χ4n) is 1.73. The molecule has 0 aliphatic rings. The third kappa shape index (κ3) is 8.86. The molecule has 0 aliphatic carbocycles. The van der Waals surface area contributed by atoms with E-state index in [1.807, 2.05) is 12.3 Å². The van der Waals surface area contributed by atoms with E-state index in [0.29, 0.717) is 25.4 Å². The van der Waals surface area contributed by atoms with Crippen LogP contribution in [-0.2, 0) is 11.3 Å². The summed E-state index contributed by atoms with van der Waals surface area (Å²) in [7, 11) is 0. The fourth-order valence-corrected chi connectivity index (χ4v) is 1.73. The maximum atomic E-state index is 11.7. The van der Waals surface area contributed by atoms with Crippen molar-refractivity contribution < 1.29 is 4.79 Å². The van der Waals surface area contributed by atoms with E-state index in [1.54, 1.807) is 10.9 Å². The topological polar surface area (TPSA) is 72.9 Å². The van der Waals surface area contributed by atoms with Crippen molar-refractivity contribution in [1.29, 1.82) is 0 Å². The third-order valence-corrected chi connectivity index (χ3v) is 2.53. The van der Waals surface area contributed by atoms with Gasteiger partial charge in [-0.1, -0.05) is 13.8 Å². The summed E-state index contributed by atoms with van der Waals surface area (Å²) >= 11 is 0. The number of carbonyl (C=O) groups excluding carboxylic acids is 1. The van der Waals surface area contributed by atoms with Crippen molar-refractivity contribution in [2.45, 2.75) is 39.3 Å². The number of hydrogen-bond acceptors (Lipinski definition) is 3. The smallest absolute Gasteiger partial charge is 0.222 e. The van der Waals surface area contributed by atoms with Gasteiger partial charge in [0.1, 0.15) is 0 Å². The van der Waals surface area contributed by atoms with Gasteiger partial charge in [0.2, 0.25) is 5.91 Å². The molecule has 1 unspecified atom stereocenters. The second kappa shape index (κ2) is 11.1. The molecule has 3 N–H and O–H groups in total. The number of nitrogens with one attached hydrogen (secondary N) is 1. The van der Waals surface area contributed by atoms with E-state index >= 15 is 0 Å². The Balaban J connectivity index is 0. The normalized spacial score (nSPS) is 11.4. The van der Waals surface area contributed by atoms with E-state index in [4.69, 9.17) is 5.73 Å². The minimum absolute atomic E-state index is 0. The van der Waals surface area contributed by atoms with Gasteiger partial charge in [-0.25, -0.2) is 0 Å². The quantitative estimate of drug-likeness (QED) is 0.803. The summed E-state index contributed by atoms with van der Waals surface area (Å²) < 4.78 is 1.75. The van der Waals surface area contributed by atoms with E-state index in [2.05, 4.69) is 24.3 Å². The maximum absolute atomic E-state index is 11.7. The molecular formula is C12H24Cl2N4O. The average molecular weight is 311 g/mol. The lowest BCUT2D eigenvalue weighted by molar-refractivity contribution is -0.122. The van der Waals surface area contributed by atoms with Crippen molar-refractivity contribution in [3.05, 3.63) is 18.5 Å². The number of aromatic nitrogens is 2. The van der Waals surface area contributed by atoms with Crippen molar-refractivity contribution in [3.63, 3.8) is 0 Å². The van der Waals surface area contributed by atoms with Crippen LogP contribution >= 0.6 is 24.8 Å². The van der Waals surface area contributed by atoms with Gasteiger partial charge in [0, 0.05) is 37.9 Å². The lowest BCUT2D eigenvalue weighted by Gasteiger charge is -2.18. The molecule has 1 aromatic rings. The summed E-state index contributed by atoms with van der Waals surface area (Å²) in [5, 5.41) is 7.00. The van der Waals surface area contributed by atoms with Crippen LogP contribution in [0.5, 0.6) is 0 Å². The SMILES string of the molecule is CC(C)CC(CN)NC(=O)CCn1cccn1.Cl.Cl. The van der Waals surface area contributed by atoms with Crippen LogP contribution in [0.3, 0.4) is 0 Å². The van der Waals surface area contributed by atoms with Crippen LogP contribution in [-0.4, -0.2) is 28.3 Å². The minimum atomic E-state index is 0. The zero-order chi connectivity index (χ0) is 12.7. The molecule has 0 bridgehead atoms. The van der Waals surface area contributed by atoms with Gasteiger partial charge >= 0.3 is 0 Å². The van der Waals surface area contributed by atoms with Crippen molar-refractivity contribution in [2.24, 2.45) is 11.7 Å². The van der Waals surface area contributed by atoms with Gasteiger partial charge in [-0.3, -0.25) is 9.48 Å². The van der Waals surface area contributed by atoms with Crippen LogP contribution in [0.4, 0.5) is 0 Å². The van der Waals surface area contributed by atoms with E-state index < -0.39 is 0 Å². The average Bonchev–Trinajstić information content (AvgIpc) is 2.77. The molecule has 1 aromatic heterocycles. The Morgan fingerprint density at radius 3 is 2.58 bits per heavy atom. The highest BCUT2D eigenvalue weighted by molar-refractivity contribution is 5.85. The summed E-state index contributed by atoms with van der Waals surface area (Å²) in [6, 6.07) is 1.93. The molecular weight excluding hydrogens is 287 g/mol. The predicted octanol–water partition coefficient (Wildman–Crippen LogP) is 1.61. The molecule has 112 valence electrons. The zero-order valence-corrected chi connectivity index (χ0v) is 13.0. The van der Waals surface area contributed by atoms with Crippen LogP contribution in [0.2, 0.25) is 0 Å². The fraction of sp³-hybridized carbons (Fsp3) is 0.667. The third-order valence-electron chi connectivity index (χ3n) is 2.53. The monoisotopic (exact) mass is 310 g/mol. The zero-order valence-electron chi connectivity index (χ0n) is 11.4. The predicted molar refractivity (Wildman–Crippen MR) is 81.8 cm³/mol. The van der Waals surface area contributed by atoms with E-state index in [-0.39, 0.29) is 36.8 Å². The number of halogens is 2. The Hall–Kier alpha value is -0.780. The minimum Gasteiger partial charge on any atom is -0.352 e. The first-order valence-electron chi connectivity index (χ1n) is 6.08. The van der Waals surface area contributed by atoms with Gasteiger partial charge in [0.25, 0.3) is 0 Å². The Morgan fingerprint density at radius 2 is 2.11 bits per heavy atom. The lowest BCUT2D eigenvalue weighted by Crippen LogP contribution is -2.41. The molecule has 19 heavy (non-hydrogen) atoms. The summed E-state index contributed by atoms with van der Waals surface area (Å²) in [5.41, 5.74) is 5.63. The molecule has 0 spiro atoms. The molecule has 0 saturated heterocycles. The molecule has 5 nitrogen and oxygen atoms in total. The molecule has 0 saturated carbocycles. The summed E-state index contributed by atoms with van der Waals surface area (Å²) in [4.78, 5) is 11.7. The molecule has 0 aromatic carbocycles. The van der Waals surface area contributed by atoms with Crippen LogP contribution in [0.15, 0.2) is 18.5 Å². The molecule has 1 rings (SSSR count). The number of carbonyl (C=O) groups is 1. The molecule has 1 atom stereocenters. The highest BCUT2D eigenvalue weighted by Crippen LogP contribution is 2.03. The second-order valence-corrected chi connectivity index (χ2v) is 4.65. The second-order valence-electron chi connectivity index (χ2n) is 4.65. The van der Waals surface area contributed by atoms with Gasteiger partial charge in [0.15, 0.2) is 0 Å². The van der Waals surface area contributed by atoms with Crippen LogP contribution in [0.1, 0.15) is 26.7 Å². The van der Waals surface area contributed by atoms with Gasteiger partial charge in [0.05, 0.1) is 0 Å². The molecule has 7 heteroatoms. The Bertz CT molecular complexity index is 330. The van der Waals surface area contributed by atoms with Gasteiger partial charge in [-0.05, 0) is 18.4 Å². The Morgan fingerprint density at radius 1 is 1.42 bits per heavy atom. The van der Waals surface area contributed by atoms with Crippen LogP contribution in [0.25, 0.3) is 0 Å². The molecule has 0 radical (unpaired) electrons. The van der Waals surface area contributed by atoms with Crippen LogP contribution in [0, 0.1) is 5.92 Å². The number of nitrogens with zero attached hydrogens (tertiary/aromatic N) is 2. The van der Waals surface area contributed by atoms with Gasteiger partial charge in [-0.15, -0.1) is 24.8 Å². The summed E-state index contributed by atoms with van der Waals surface area (Å²) in [6.07, 6.45) is 4.92. The largest absolute Gasteiger partial charge is 0.352 e.